The van der Waals surface area contributed by atoms with Crippen LogP contribution in [0, 0.1) is 19.7 Å². The predicted octanol–water partition coefficient (Wildman–Crippen LogP) is 3.35. The Balaban J connectivity index is 0.000000236. The number of hydrogen-bond donors (Lipinski definition) is 1. The fraction of sp³-hybridized carbons (Fsp3) is 0.118. The number of carboxylic acids is 1. The number of carbonyl (C=O) groups is 1. The Morgan fingerprint density at radius 2 is 1.76 bits per heavy atom. The van der Waals surface area contributed by atoms with E-state index in [0.717, 1.165) is 0 Å². The second-order valence-electron chi connectivity index (χ2n) is 5.24. The van der Waals surface area contributed by atoms with Crippen molar-refractivity contribution in [3.63, 3.8) is 0 Å². The maximum atomic E-state index is 13.7. The second-order valence-corrected chi connectivity index (χ2v) is 6.53. The van der Waals surface area contributed by atoms with E-state index in [1.165, 1.54) is 23.3 Å². The van der Waals surface area contributed by atoms with E-state index < -0.39 is 38.2 Å². The Morgan fingerprint density at radius 1 is 1.16 bits per heavy atom. The molecule has 0 radical (unpaired) electrons. The van der Waals surface area contributed by atoms with Gasteiger partial charge >= 0.3 is 5.97 Å². The number of hydrogen-bond acceptors (Lipinski definition) is 4. The summed E-state index contributed by atoms with van der Waals surface area (Å²) in [6.45, 7) is 4.21. The Kier molecular flexibility index (Phi) is 5.71. The Labute approximate surface area is 149 Å². The molecule has 130 valence electrons. The Bertz CT molecular complexity index is 1000. The number of nitrogens with zero attached hydrogens (tertiary/aromatic N) is 1. The van der Waals surface area contributed by atoms with E-state index in [4.69, 9.17) is 16.7 Å². The number of halogens is 2. The van der Waals surface area contributed by atoms with Crippen molar-refractivity contribution in [3.05, 3.63) is 63.9 Å². The highest BCUT2D eigenvalue weighted by Gasteiger charge is 2.32. The van der Waals surface area contributed by atoms with Gasteiger partial charge in [0.25, 0.3) is 0 Å². The number of carboxylic acid groups (broad SMARTS) is 1. The fourth-order valence-corrected chi connectivity index (χ4v) is 3.06. The zero-order chi connectivity index (χ0) is 18.7. The van der Waals surface area contributed by atoms with Gasteiger partial charge in [0.2, 0.25) is 10.3 Å². The molecule has 0 fully saturated rings. The number of aliphatic carboxylic acids is 1. The highest BCUT2D eigenvalue weighted by molar-refractivity contribution is 7.75. The summed E-state index contributed by atoms with van der Waals surface area (Å²) in [5.74, 6) is -2.54. The minimum atomic E-state index is -2.92. The van der Waals surface area contributed by atoms with E-state index >= 15 is 0 Å². The molecule has 0 spiro atoms. The molecule has 2 aromatic rings. The number of fused-ring (bicyclic) bond motifs is 1. The van der Waals surface area contributed by atoms with Crippen molar-refractivity contribution in [2.75, 3.05) is 0 Å². The molecule has 3 rings (SSSR count). The van der Waals surface area contributed by atoms with Gasteiger partial charge in [-0.1, -0.05) is 47.0 Å². The zero-order valence-electron chi connectivity index (χ0n) is 13.2. The van der Waals surface area contributed by atoms with Gasteiger partial charge in [-0.2, -0.15) is 8.42 Å². The maximum Gasteiger partial charge on any atom is 0.356 e. The van der Waals surface area contributed by atoms with E-state index in [1.54, 1.807) is 0 Å². The molecule has 0 saturated heterocycles. The zero-order valence-corrected chi connectivity index (χ0v) is 14.8. The topological polar surface area (TPSA) is 83.8 Å². The van der Waals surface area contributed by atoms with Gasteiger partial charge in [0, 0.05) is 0 Å². The lowest BCUT2D eigenvalue weighted by Gasteiger charge is -2.00. The maximum absolute atomic E-state index is 13.7. The molecule has 2 aromatic carbocycles. The van der Waals surface area contributed by atoms with Gasteiger partial charge in [-0.15, -0.1) is 0 Å². The van der Waals surface area contributed by atoms with E-state index in [9.17, 15) is 17.6 Å². The first-order valence-corrected chi connectivity index (χ1v) is 8.48. The minimum absolute atomic E-state index is 0.0662. The van der Waals surface area contributed by atoms with Crippen molar-refractivity contribution >= 4 is 44.1 Å². The van der Waals surface area contributed by atoms with Crippen LogP contribution in [-0.4, -0.2) is 30.1 Å². The Morgan fingerprint density at radius 3 is 2.20 bits per heavy atom. The molecular formula is C17H13ClFNO4S. The lowest BCUT2D eigenvalue weighted by Crippen LogP contribution is -2.22. The van der Waals surface area contributed by atoms with Gasteiger partial charge in [0.1, 0.15) is 4.86 Å². The molecule has 1 aliphatic heterocycles. The van der Waals surface area contributed by atoms with Gasteiger partial charge in [-0.05, 0) is 26.0 Å². The van der Waals surface area contributed by atoms with Gasteiger partial charge in [0.05, 0.1) is 16.3 Å². The van der Waals surface area contributed by atoms with Crippen molar-refractivity contribution in [2.45, 2.75) is 13.8 Å². The van der Waals surface area contributed by atoms with Crippen LogP contribution in [0.5, 0.6) is 0 Å². The summed E-state index contributed by atoms with van der Waals surface area (Å²) in [7, 11) is -2.92. The van der Waals surface area contributed by atoms with E-state index in [2.05, 4.69) is 43.1 Å². The van der Waals surface area contributed by atoms with Crippen LogP contribution >= 0.6 is 11.6 Å². The smallest absolute Gasteiger partial charge is 0.356 e. The molecule has 8 heteroatoms. The molecular weight excluding hydrogens is 369 g/mol. The first kappa shape index (κ1) is 18.8. The average molecular weight is 382 g/mol. The van der Waals surface area contributed by atoms with Crippen LogP contribution in [-0.2, 0) is 15.1 Å². The van der Waals surface area contributed by atoms with Crippen LogP contribution in [0.2, 0.25) is 5.02 Å². The van der Waals surface area contributed by atoms with Crippen molar-refractivity contribution in [2.24, 2.45) is 4.99 Å². The monoisotopic (exact) mass is 381 g/mol. The molecule has 25 heavy (non-hydrogen) atoms. The standard InChI is InChI=1S/C9H3ClFNO4S.C8H10/c10-3-1-2-4-5(6(3)11)8(17(15)16)7(12-4)9(13)14;1-7-4-3-5-8(2)6-7/h1-2H,(H,13,14);3-6H,1-2H3. The molecule has 5 nitrogen and oxygen atoms in total. The normalized spacial score (nSPS) is 12.0. The van der Waals surface area contributed by atoms with Crippen LogP contribution in [0.4, 0.5) is 10.1 Å². The van der Waals surface area contributed by atoms with Crippen LogP contribution in [0.25, 0.3) is 0 Å². The van der Waals surface area contributed by atoms with Gasteiger partial charge < -0.3 is 5.11 Å². The molecule has 1 aliphatic rings. The SMILES string of the molecule is Cc1cccc(C)c1.O=C(O)C1=Nc2ccc(Cl)c(F)c2C1=S(=O)=O. The van der Waals surface area contributed by atoms with Crippen LogP contribution in [0.1, 0.15) is 16.7 Å². The van der Waals surface area contributed by atoms with E-state index in [0.29, 0.717) is 0 Å². The first-order valence-electron chi connectivity index (χ1n) is 7.02. The third-order valence-corrected chi connectivity index (χ3v) is 4.31. The predicted molar refractivity (Wildman–Crippen MR) is 95.1 cm³/mol. The third kappa shape index (κ3) is 4.12. The largest absolute Gasteiger partial charge is 0.476 e. The van der Waals surface area contributed by atoms with Gasteiger partial charge in [-0.3, -0.25) is 0 Å². The molecule has 0 unspecified atom stereocenters. The number of rotatable bonds is 1. The summed E-state index contributed by atoms with van der Waals surface area (Å²) < 4.78 is 35.6. The van der Waals surface area contributed by atoms with E-state index in [1.807, 2.05) is 0 Å². The van der Waals surface area contributed by atoms with Crippen molar-refractivity contribution < 1.29 is 22.7 Å². The number of aryl methyl sites for hydroxylation is 2. The minimum Gasteiger partial charge on any atom is -0.476 e. The summed E-state index contributed by atoms with van der Waals surface area (Å²) in [6, 6.07) is 10.9. The summed E-state index contributed by atoms with van der Waals surface area (Å²) in [5, 5.41) is 8.49. The second kappa shape index (κ2) is 7.58. The van der Waals surface area contributed by atoms with Crippen LogP contribution in [0.3, 0.4) is 0 Å². The molecule has 1 heterocycles. The van der Waals surface area contributed by atoms with Crippen molar-refractivity contribution in [1.29, 1.82) is 0 Å². The van der Waals surface area contributed by atoms with E-state index in [-0.39, 0.29) is 10.7 Å². The van der Waals surface area contributed by atoms with Crippen molar-refractivity contribution in [3.8, 4) is 0 Å². The van der Waals surface area contributed by atoms with Crippen molar-refractivity contribution in [1.82, 2.24) is 0 Å². The lowest BCUT2D eigenvalue weighted by atomic mass is 10.1. The number of aliphatic imine (C=N–C) groups is 1. The third-order valence-electron chi connectivity index (χ3n) is 3.29. The van der Waals surface area contributed by atoms with Gasteiger partial charge in [-0.25, -0.2) is 14.2 Å². The highest BCUT2D eigenvalue weighted by atomic mass is 35.5. The first-order chi connectivity index (χ1) is 11.7. The molecule has 1 N–H and O–H groups in total. The van der Waals surface area contributed by atoms with Crippen LogP contribution < -0.4 is 0 Å². The summed E-state index contributed by atoms with van der Waals surface area (Å²) in [5.41, 5.74) is 1.50. The van der Waals surface area contributed by atoms with Gasteiger partial charge in [0.15, 0.2) is 11.5 Å². The highest BCUT2D eigenvalue weighted by Crippen LogP contribution is 2.32. The molecule has 0 aliphatic carbocycles. The summed E-state index contributed by atoms with van der Waals surface area (Å²) in [4.78, 5) is 13.7. The summed E-state index contributed by atoms with van der Waals surface area (Å²) in [6.07, 6.45) is 0. The molecule has 0 aromatic heterocycles. The molecule has 0 saturated carbocycles. The van der Waals surface area contributed by atoms with Crippen LogP contribution in [0.15, 0.2) is 41.4 Å². The average Bonchev–Trinajstić information content (AvgIpc) is 2.92. The molecule has 0 atom stereocenters. The quantitative estimate of drug-likeness (QED) is 0.768. The molecule has 0 amide bonds. The number of benzene rings is 2. The Hall–Kier alpha value is -2.51. The molecule has 0 bridgehead atoms. The lowest BCUT2D eigenvalue weighted by molar-refractivity contribution is -0.129. The summed E-state index contributed by atoms with van der Waals surface area (Å²) >= 11 is 5.50. The fourth-order valence-electron chi connectivity index (χ4n) is 2.25.